The van der Waals surface area contributed by atoms with Crippen molar-refractivity contribution in [2.45, 2.75) is 26.3 Å². The van der Waals surface area contributed by atoms with Crippen LogP contribution in [0, 0.1) is 12.3 Å². The third-order valence-electron chi connectivity index (χ3n) is 6.96. The number of hydrogen-bond donors (Lipinski definition) is 2. The van der Waals surface area contributed by atoms with E-state index in [1.165, 1.54) is 10.5 Å². The van der Waals surface area contributed by atoms with Crippen LogP contribution in [-0.2, 0) is 17.7 Å². The number of fused-ring (bicyclic) bond motifs is 2. The van der Waals surface area contributed by atoms with E-state index in [2.05, 4.69) is 26.1 Å². The second-order valence-electron chi connectivity index (χ2n) is 9.54. The second kappa shape index (κ2) is 11.6. The first kappa shape index (κ1) is 26.3. The molecule has 0 unspecified atom stereocenters. The maximum Gasteiger partial charge on any atom is 0.267 e. The van der Waals surface area contributed by atoms with Crippen molar-refractivity contribution in [3.8, 4) is 0 Å². The predicted octanol–water partition coefficient (Wildman–Crippen LogP) is 2.89. The van der Waals surface area contributed by atoms with Gasteiger partial charge in [-0.15, -0.1) is 0 Å². The fraction of sp³-hybridized carbons (Fsp3) is 0.357. The number of nitrogens with zero attached hydrogens (tertiary/aromatic N) is 4. The van der Waals surface area contributed by atoms with Crippen LogP contribution in [0.15, 0.2) is 57.9 Å². The van der Waals surface area contributed by atoms with Gasteiger partial charge in [-0.1, -0.05) is 34.1 Å². The lowest BCUT2D eigenvalue weighted by Gasteiger charge is -2.26. The van der Waals surface area contributed by atoms with E-state index in [1.807, 2.05) is 37.3 Å². The molecular weight excluding hydrogens is 548 g/mol. The van der Waals surface area contributed by atoms with E-state index >= 15 is 0 Å². The van der Waals surface area contributed by atoms with Crippen LogP contribution in [0.3, 0.4) is 0 Å². The molecule has 3 aromatic heterocycles. The molecule has 0 saturated carbocycles. The maximum atomic E-state index is 13.5. The van der Waals surface area contributed by atoms with E-state index in [4.69, 9.17) is 15.1 Å². The summed E-state index contributed by atoms with van der Waals surface area (Å²) >= 11 is 3.46. The number of amides is 1. The van der Waals surface area contributed by atoms with Crippen molar-refractivity contribution in [3.63, 3.8) is 0 Å². The molecule has 1 fully saturated rings. The molecule has 1 aliphatic rings. The van der Waals surface area contributed by atoms with Gasteiger partial charge in [0.25, 0.3) is 11.5 Å². The molecule has 1 aliphatic heterocycles. The molecule has 0 radical (unpaired) electrons. The SMILES string of the molecule is Cc1cccn2c(=O)c3cc(C(=O)NCCCN4CCOCC4)c(=N)n(CCc4ccc(Br)cc4)c3nc12. The summed E-state index contributed by atoms with van der Waals surface area (Å²) in [5.41, 5.74) is 2.86. The zero-order valence-electron chi connectivity index (χ0n) is 21.4. The summed E-state index contributed by atoms with van der Waals surface area (Å²) in [5, 5.41) is 12.2. The molecule has 2 N–H and O–H groups in total. The minimum atomic E-state index is -0.356. The van der Waals surface area contributed by atoms with Crippen molar-refractivity contribution in [1.29, 1.82) is 5.41 Å². The van der Waals surface area contributed by atoms with Gasteiger partial charge < -0.3 is 14.6 Å². The van der Waals surface area contributed by atoms with E-state index in [0.29, 0.717) is 36.2 Å². The average molecular weight is 579 g/mol. The number of carbonyl (C=O) groups excluding carboxylic acids is 1. The van der Waals surface area contributed by atoms with E-state index in [-0.39, 0.29) is 22.5 Å². The van der Waals surface area contributed by atoms with Crippen LogP contribution >= 0.6 is 15.9 Å². The normalized spacial score (nSPS) is 14.3. The van der Waals surface area contributed by atoms with Gasteiger partial charge in [0.15, 0.2) is 0 Å². The van der Waals surface area contributed by atoms with Crippen molar-refractivity contribution >= 4 is 38.5 Å². The van der Waals surface area contributed by atoms with Gasteiger partial charge in [0.2, 0.25) is 0 Å². The number of ether oxygens (including phenoxy) is 1. The lowest BCUT2D eigenvalue weighted by molar-refractivity contribution is 0.0374. The minimum absolute atomic E-state index is 0.0464. The molecule has 1 saturated heterocycles. The number of aryl methyl sites for hydroxylation is 3. The summed E-state index contributed by atoms with van der Waals surface area (Å²) in [4.78, 5) is 33.9. The summed E-state index contributed by atoms with van der Waals surface area (Å²) in [7, 11) is 0. The van der Waals surface area contributed by atoms with Gasteiger partial charge >= 0.3 is 0 Å². The molecule has 0 atom stereocenters. The third kappa shape index (κ3) is 5.57. The first-order chi connectivity index (χ1) is 18.4. The van der Waals surface area contributed by atoms with Crippen molar-refractivity contribution < 1.29 is 9.53 Å². The fourth-order valence-corrected chi connectivity index (χ4v) is 5.07. The zero-order valence-corrected chi connectivity index (χ0v) is 23.0. The number of halogens is 1. The Balaban J connectivity index is 1.48. The van der Waals surface area contributed by atoms with E-state index < -0.39 is 0 Å². The van der Waals surface area contributed by atoms with E-state index in [0.717, 1.165) is 54.9 Å². The number of nitrogens with one attached hydrogen (secondary N) is 2. The summed E-state index contributed by atoms with van der Waals surface area (Å²) in [6.07, 6.45) is 3.10. The Morgan fingerprint density at radius 1 is 1.13 bits per heavy atom. The van der Waals surface area contributed by atoms with Crippen LogP contribution in [0.5, 0.6) is 0 Å². The molecule has 9 nitrogen and oxygen atoms in total. The Bertz CT molecular complexity index is 1590. The van der Waals surface area contributed by atoms with Gasteiger partial charge in [-0.3, -0.25) is 24.3 Å². The highest BCUT2D eigenvalue weighted by molar-refractivity contribution is 9.10. The Morgan fingerprint density at radius 2 is 1.89 bits per heavy atom. The molecule has 10 heteroatoms. The van der Waals surface area contributed by atoms with Crippen molar-refractivity contribution in [1.82, 2.24) is 24.2 Å². The number of rotatable bonds is 8. The zero-order chi connectivity index (χ0) is 26.6. The molecule has 198 valence electrons. The number of carbonyl (C=O) groups is 1. The smallest absolute Gasteiger partial charge is 0.267 e. The predicted molar refractivity (Wildman–Crippen MR) is 150 cm³/mol. The maximum absolute atomic E-state index is 13.5. The monoisotopic (exact) mass is 578 g/mol. The van der Waals surface area contributed by atoms with Crippen molar-refractivity contribution in [2.75, 3.05) is 39.4 Å². The number of pyridine rings is 2. The minimum Gasteiger partial charge on any atom is -0.379 e. The first-order valence-corrected chi connectivity index (χ1v) is 13.6. The van der Waals surface area contributed by atoms with Gasteiger partial charge in [0.05, 0.1) is 24.2 Å². The van der Waals surface area contributed by atoms with Crippen LogP contribution < -0.4 is 16.4 Å². The van der Waals surface area contributed by atoms with Crippen molar-refractivity contribution in [3.05, 3.63) is 85.7 Å². The second-order valence-corrected chi connectivity index (χ2v) is 10.5. The lowest BCUT2D eigenvalue weighted by Crippen LogP contribution is -2.39. The highest BCUT2D eigenvalue weighted by Gasteiger charge is 2.18. The molecular formula is C28H31BrN6O3. The van der Waals surface area contributed by atoms with Crippen LogP contribution in [0.4, 0.5) is 0 Å². The number of benzene rings is 1. The first-order valence-electron chi connectivity index (χ1n) is 12.9. The quantitative estimate of drug-likeness (QED) is 0.247. The number of aromatic nitrogens is 3. The topological polar surface area (TPSA) is 105 Å². The Morgan fingerprint density at radius 3 is 2.66 bits per heavy atom. The molecule has 38 heavy (non-hydrogen) atoms. The van der Waals surface area contributed by atoms with Crippen LogP contribution in [0.1, 0.15) is 27.9 Å². The van der Waals surface area contributed by atoms with Gasteiger partial charge in [0.1, 0.15) is 16.8 Å². The van der Waals surface area contributed by atoms with E-state index in [9.17, 15) is 9.59 Å². The van der Waals surface area contributed by atoms with Gasteiger partial charge in [-0.05, 0) is 61.7 Å². The Kier molecular flexibility index (Phi) is 8.01. The van der Waals surface area contributed by atoms with Gasteiger partial charge in [-0.25, -0.2) is 4.98 Å². The molecule has 4 aromatic rings. The molecule has 4 heterocycles. The number of morpholine rings is 1. The number of hydrogen-bond acceptors (Lipinski definition) is 6. The lowest BCUT2D eigenvalue weighted by atomic mass is 10.1. The van der Waals surface area contributed by atoms with Crippen LogP contribution in [0.25, 0.3) is 16.7 Å². The van der Waals surface area contributed by atoms with Gasteiger partial charge in [0, 0.05) is 36.8 Å². The summed E-state index contributed by atoms with van der Waals surface area (Å²) in [6, 6.07) is 13.2. The van der Waals surface area contributed by atoms with Crippen LogP contribution in [0.2, 0.25) is 0 Å². The molecule has 0 spiro atoms. The van der Waals surface area contributed by atoms with Crippen molar-refractivity contribution in [2.24, 2.45) is 0 Å². The molecule has 1 amide bonds. The molecule has 0 bridgehead atoms. The third-order valence-corrected chi connectivity index (χ3v) is 7.48. The molecule has 0 aliphatic carbocycles. The average Bonchev–Trinajstić information content (AvgIpc) is 2.92. The molecule has 1 aromatic carbocycles. The Labute approximate surface area is 228 Å². The highest BCUT2D eigenvalue weighted by Crippen LogP contribution is 2.15. The largest absolute Gasteiger partial charge is 0.379 e. The Hall–Kier alpha value is -3.34. The summed E-state index contributed by atoms with van der Waals surface area (Å²) in [5.74, 6) is -0.356. The fourth-order valence-electron chi connectivity index (χ4n) is 4.80. The standard InChI is InChI=1S/C28H31BrN6O3/c1-19-4-2-12-35-25(19)32-26-23(28(35)37)18-22(27(36)31-10-3-11-33-14-16-38-17-15-33)24(30)34(26)13-9-20-5-7-21(29)8-6-20/h2,4-8,12,18,30H,3,9-11,13-17H2,1H3,(H,31,36). The molecule has 5 rings (SSSR count). The van der Waals surface area contributed by atoms with Gasteiger partial charge in [-0.2, -0.15) is 0 Å². The van der Waals surface area contributed by atoms with Crippen LogP contribution in [-0.4, -0.2) is 64.2 Å². The van der Waals surface area contributed by atoms with E-state index in [1.54, 1.807) is 16.8 Å². The summed E-state index contributed by atoms with van der Waals surface area (Å²) in [6.45, 7) is 6.95. The summed E-state index contributed by atoms with van der Waals surface area (Å²) < 4.78 is 9.57. The highest BCUT2D eigenvalue weighted by atomic mass is 79.9.